The van der Waals surface area contributed by atoms with Crippen molar-refractivity contribution in [2.24, 2.45) is 0 Å². The fraction of sp³-hybridized carbons (Fsp3) is 0.462. The Bertz CT molecular complexity index is 410. The van der Waals surface area contributed by atoms with Crippen LogP contribution in [0.15, 0.2) is 22.7 Å². The Morgan fingerprint density at radius 3 is 2.83 bits per heavy atom. The predicted molar refractivity (Wildman–Crippen MR) is 80.2 cm³/mol. The van der Waals surface area contributed by atoms with Crippen molar-refractivity contribution in [3.8, 4) is 0 Å². The molecule has 1 aromatic carbocycles. The maximum atomic E-state index is 11.7. The van der Waals surface area contributed by atoms with Gasteiger partial charge in [-0.05, 0) is 31.2 Å². The van der Waals surface area contributed by atoms with Crippen molar-refractivity contribution in [2.75, 3.05) is 11.9 Å². The van der Waals surface area contributed by atoms with Gasteiger partial charge in [-0.1, -0.05) is 41.4 Å². The lowest BCUT2D eigenvalue weighted by atomic mass is 10.2. The van der Waals surface area contributed by atoms with E-state index in [0.29, 0.717) is 23.2 Å². The van der Waals surface area contributed by atoms with Crippen molar-refractivity contribution >= 4 is 39.1 Å². The number of nitrogens with one attached hydrogen (secondary N) is 2. The molecule has 1 amide bonds. The van der Waals surface area contributed by atoms with Crippen LogP contribution in [-0.4, -0.2) is 18.5 Å². The van der Waals surface area contributed by atoms with Crippen molar-refractivity contribution < 1.29 is 4.79 Å². The molecule has 0 spiro atoms. The van der Waals surface area contributed by atoms with Crippen LogP contribution < -0.4 is 10.6 Å². The summed E-state index contributed by atoms with van der Waals surface area (Å²) in [5.74, 6) is -0.0134. The van der Waals surface area contributed by atoms with Gasteiger partial charge in [0.1, 0.15) is 0 Å². The standard InChI is InChI=1S/C13H18BrClN2O/c1-9(2)16-7-3-4-13(18)17-12-8-10(14)5-6-11(12)15/h5-6,8-9,16H,3-4,7H2,1-2H3,(H,17,18). The van der Waals surface area contributed by atoms with Crippen LogP contribution in [0.1, 0.15) is 26.7 Å². The van der Waals surface area contributed by atoms with E-state index in [1.54, 1.807) is 12.1 Å². The van der Waals surface area contributed by atoms with Crippen LogP contribution in [0.4, 0.5) is 5.69 Å². The van der Waals surface area contributed by atoms with Crippen LogP contribution in [0.25, 0.3) is 0 Å². The van der Waals surface area contributed by atoms with E-state index >= 15 is 0 Å². The second-order valence-corrected chi connectivity index (χ2v) is 5.71. The topological polar surface area (TPSA) is 41.1 Å². The van der Waals surface area contributed by atoms with E-state index in [-0.39, 0.29) is 5.91 Å². The Morgan fingerprint density at radius 2 is 2.17 bits per heavy atom. The highest BCUT2D eigenvalue weighted by molar-refractivity contribution is 9.10. The fourth-order valence-electron chi connectivity index (χ4n) is 1.45. The SMILES string of the molecule is CC(C)NCCCC(=O)Nc1cc(Br)ccc1Cl. The van der Waals surface area contributed by atoms with Crippen LogP contribution in [-0.2, 0) is 4.79 Å². The largest absolute Gasteiger partial charge is 0.325 e. The maximum Gasteiger partial charge on any atom is 0.224 e. The van der Waals surface area contributed by atoms with Crippen LogP contribution in [0.2, 0.25) is 5.02 Å². The molecule has 0 atom stereocenters. The summed E-state index contributed by atoms with van der Waals surface area (Å²) in [5.41, 5.74) is 0.646. The molecule has 0 saturated carbocycles. The molecule has 0 aliphatic carbocycles. The zero-order valence-electron chi connectivity index (χ0n) is 10.6. The number of carbonyl (C=O) groups is 1. The lowest BCUT2D eigenvalue weighted by Crippen LogP contribution is -2.24. The van der Waals surface area contributed by atoms with Crippen LogP contribution in [0, 0.1) is 0 Å². The molecule has 0 aliphatic heterocycles. The zero-order chi connectivity index (χ0) is 13.5. The van der Waals surface area contributed by atoms with Crippen molar-refractivity contribution in [3.63, 3.8) is 0 Å². The number of hydrogen-bond donors (Lipinski definition) is 2. The first kappa shape index (κ1) is 15.5. The number of amides is 1. The molecule has 1 aromatic rings. The molecule has 0 aromatic heterocycles. The number of anilines is 1. The molecule has 0 bridgehead atoms. The van der Waals surface area contributed by atoms with E-state index in [2.05, 4.69) is 40.4 Å². The summed E-state index contributed by atoms with van der Waals surface area (Å²) in [6, 6.07) is 5.84. The van der Waals surface area contributed by atoms with Gasteiger partial charge in [-0.25, -0.2) is 0 Å². The van der Waals surface area contributed by atoms with Gasteiger partial charge in [-0.15, -0.1) is 0 Å². The van der Waals surface area contributed by atoms with Crippen molar-refractivity contribution in [3.05, 3.63) is 27.7 Å². The van der Waals surface area contributed by atoms with Crippen LogP contribution in [0.5, 0.6) is 0 Å². The molecule has 0 radical (unpaired) electrons. The van der Waals surface area contributed by atoms with E-state index in [1.165, 1.54) is 0 Å². The first-order valence-electron chi connectivity index (χ1n) is 5.97. The lowest BCUT2D eigenvalue weighted by molar-refractivity contribution is -0.116. The van der Waals surface area contributed by atoms with Crippen LogP contribution in [0.3, 0.4) is 0 Å². The minimum Gasteiger partial charge on any atom is -0.325 e. The minimum atomic E-state index is -0.0134. The van der Waals surface area contributed by atoms with E-state index < -0.39 is 0 Å². The third kappa shape index (κ3) is 5.85. The zero-order valence-corrected chi connectivity index (χ0v) is 12.9. The fourth-order valence-corrected chi connectivity index (χ4v) is 1.97. The lowest BCUT2D eigenvalue weighted by Gasteiger charge is -2.09. The number of halogens is 2. The van der Waals surface area contributed by atoms with Gasteiger partial charge in [-0.3, -0.25) is 4.79 Å². The molecule has 0 heterocycles. The second kappa shape index (κ2) is 7.77. The molecular weight excluding hydrogens is 316 g/mol. The highest BCUT2D eigenvalue weighted by Crippen LogP contribution is 2.25. The number of carbonyl (C=O) groups excluding carboxylic acids is 1. The van der Waals surface area contributed by atoms with Gasteiger partial charge in [0, 0.05) is 16.9 Å². The number of benzene rings is 1. The Balaban J connectivity index is 2.38. The Hall–Kier alpha value is -0.580. The molecule has 0 aliphatic rings. The Labute approximate surface area is 121 Å². The Kier molecular flexibility index (Phi) is 6.68. The van der Waals surface area contributed by atoms with E-state index in [0.717, 1.165) is 17.4 Å². The summed E-state index contributed by atoms with van der Waals surface area (Å²) >= 11 is 9.34. The minimum absolute atomic E-state index is 0.0134. The number of rotatable bonds is 6. The number of hydrogen-bond acceptors (Lipinski definition) is 2. The first-order valence-corrected chi connectivity index (χ1v) is 7.14. The molecular formula is C13H18BrClN2O. The van der Waals surface area contributed by atoms with Gasteiger partial charge < -0.3 is 10.6 Å². The maximum absolute atomic E-state index is 11.7. The summed E-state index contributed by atoms with van der Waals surface area (Å²) in [7, 11) is 0. The average Bonchev–Trinajstić information content (AvgIpc) is 2.29. The molecule has 2 N–H and O–H groups in total. The van der Waals surface area contributed by atoms with Gasteiger partial charge in [0.05, 0.1) is 10.7 Å². The van der Waals surface area contributed by atoms with E-state index in [1.807, 2.05) is 6.07 Å². The Morgan fingerprint density at radius 1 is 1.44 bits per heavy atom. The van der Waals surface area contributed by atoms with Crippen molar-refractivity contribution in [1.29, 1.82) is 0 Å². The quantitative estimate of drug-likeness (QED) is 0.777. The van der Waals surface area contributed by atoms with Gasteiger partial charge in [-0.2, -0.15) is 0 Å². The highest BCUT2D eigenvalue weighted by atomic mass is 79.9. The molecule has 0 unspecified atom stereocenters. The molecule has 18 heavy (non-hydrogen) atoms. The molecule has 100 valence electrons. The van der Waals surface area contributed by atoms with Gasteiger partial charge >= 0.3 is 0 Å². The van der Waals surface area contributed by atoms with Crippen LogP contribution >= 0.6 is 27.5 Å². The normalized spacial score (nSPS) is 10.7. The monoisotopic (exact) mass is 332 g/mol. The summed E-state index contributed by atoms with van der Waals surface area (Å²) in [4.78, 5) is 11.7. The highest BCUT2D eigenvalue weighted by Gasteiger charge is 2.06. The smallest absolute Gasteiger partial charge is 0.224 e. The summed E-state index contributed by atoms with van der Waals surface area (Å²) < 4.78 is 0.892. The summed E-state index contributed by atoms with van der Waals surface area (Å²) in [6.45, 7) is 5.01. The molecule has 0 saturated heterocycles. The molecule has 3 nitrogen and oxygen atoms in total. The molecule has 5 heteroatoms. The first-order chi connectivity index (χ1) is 8.49. The van der Waals surface area contributed by atoms with Crippen molar-refractivity contribution in [1.82, 2.24) is 5.32 Å². The third-order valence-electron chi connectivity index (χ3n) is 2.34. The molecule has 1 rings (SSSR count). The predicted octanol–water partition coefficient (Wildman–Crippen LogP) is 3.82. The van der Waals surface area contributed by atoms with Gasteiger partial charge in [0.2, 0.25) is 5.91 Å². The van der Waals surface area contributed by atoms with E-state index in [9.17, 15) is 4.79 Å². The van der Waals surface area contributed by atoms with Gasteiger partial charge in [0.15, 0.2) is 0 Å². The van der Waals surface area contributed by atoms with E-state index in [4.69, 9.17) is 11.6 Å². The summed E-state index contributed by atoms with van der Waals surface area (Å²) in [6.07, 6.45) is 1.30. The third-order valence-corrected chi connectivity index (χ3v) is 3.16. The average molecular weight is 334 g/mol. The second-order valence-electron chi connectivity index (χ2n) is 4.38. The summed E-state index contributed by atoms with van der Waals surface area (Å²) in [5, 5.41) is 6.63. The molecule has 0 fully saturated rings. The van der Waals surface area contributed by atoms with Gasteiger partial charge in [0.25, 0.3) is 0 Å². The van der Waals surface area contributed by atoms with Crippen molar-refractivity contribution in [2.45, 2.75) is 32.7 Å².